The van der Waals surface area contributed by atoms with Crippen molar-refractivity contribution in [3.05, 3.63) is 35.4 Å². The summed E-state index contributed by atoms with van der Waals surface area (Å²) in [7, 11) is 0. The van der Waals surface area contributed by atoms with Crippen molar-refractivity contribution in [2.45, 2.75) is 38.5 Å². The molecule has 17 heavy (non-hydrogen) atoms. The Hall–Kier alpha value is -1.25. The average Bonchev–Trinajstić information content (AvgIpc) is 2.51. The summed E-state index contributed by atoms with van der Waals surface area (Å²) in [5.41, 5.74) is 0.324. The second kappa shape index (κ2) is 5.39. The fourth-order valence-corrected chi connectivity index (χ4v) is 2.42. The van der Waals surface area contributed by atoms with E-state index in [-0.39, 0.29) is 11.7 Å². The van der Waals surface area contributed by atoms with Crippen molar-refractivity contribution >= 4 is 5.78 Å². The molecule has 1 atom stereocenters. The Labute approximate surface area is 99.8 Å². The number of carbonyl (C=O) groups excluding carboxylic acids is 1. The van der Waals surface area contributed by atoms with Crippen LogP contribution in [0.15, 0.2) is 18.2 Å². The van der Waals surface area contributed by atoms with Gasteiger partial charge in [0.25, 0.3) is 0 Å². The van der Waals surface area contributed by atoms with E-state index in [1.807, 2.05) is 0 Å². The Morgan fingerprint density at radius 2 is 2.00 bits per heavy atom. The third-order valence-corrected chi connectivity index (χ3v) is 3.43. The molecule has 0 aromatic heterocycles. The molecule has 0 spiro atoms. The van der Waals surface area contributed by atoms with Crippen LogP contribution < -0.4 is 0 Å². The second-order valence-electron chi connectivity index (χ2n) is 4.68. The molecule has 0 aliphatic heterocycles. The van der Waals surface area contributed by atoms with Crippen molar-refractivity contribution < 1.29 is 13.6 Å². The quantitative estimate of drug-likeness (QED) is 0.719. The Morgan fingerprint density at radius 1 is 1.18 bits per heavy atom. The third-order valence-electron chi connectivity index (χ3n) is 3.43. The van der Waals surface area contributed by atoms with Gasteiger partial charge < -0.3 is 0 Å². The second-order valence-corrected chi connectivity index (χ2v) is 4.68. The molecule has 0 radical (unpaired) electrons. The van der Waals surface area contributed by atoms with E-state index < -0.39 is 11.6 Å². The van der Waals surface area contributed by atoms with Gasteiger partial charge >= 0.3 is 0 Å². The monoisotopic (exact) mass is 238 g/mol. The molecular formula is C14H16F2O. The molecule has 2 rings (SSSR count). The molecule has 1 aliphatic carbocycles. The standard InChI is InChI=1S/C14H16F2O/c15-12-7-4-6-11(14(12)16)9-10-5-2-1-3-8-13(10)17/h4,6-7,10H,1-3,5,8-9H2. The maximum Gasteiger partial charge on any atom is 0.162 e. The van der Waals surface area contributed by atoms with Gasteiger partial charge in [-0.3, -0.25) is 4.79 Å². The third kappa shape index (κ3) is 2.90. The average molecular weight is 238 g/mol. The molecule has 1 aromatic carbocycles. The lowest BCUT2D eigenvalue weighted by Gasteiger charge is -2.13. The predicted octanol–water partition coefficient (Wildman–Crippen LogP) is 3.66. The SMILES string of the molecule is O=C1CCCCCC1Cc1cccc(F)c1F. The molecule has 1 aliphatic rings. The molecule has 0 N–H and O–H groups in total. The maximum atomic E-state index is 13.5. The zero-order valence-electron chi connectivity index (χ0n) is 9.72. The van der Waals surface area contributed by atoms with E-state index in [0.717, 1.165) is 31.7 Å². The summed E-state index contributed by atoms with van der Waals surface area (Å²) < 4.78 is 26.5. The van der Waals surface area contributed by atoms with Gasteiger partial charge in [-0.15, -0.1) is 0 Å². The first-order chi connectivity index (χ1) is 8.18. The molecule has 1 fully saturated rings. The smallest absolute Gasteiger partial charge is 0.162 e. The van der Waals surface area contributed by atoms with Crippen LogP contribution in [0.2, 0.25) is 0 Å². The largest absolute Gasteiger partial charge is 0.299 e. The Morgan fingerprint density at radius 3 is 2.82 bits per heavy atom. The zero-order valence-corrected chi connectivity index (χ0v) is 9.72. The van der Waals surface area contributed by atoms with Crippen LogP contribution in [0.3, 0.4) is 0 Å². The van der Waals surface area contributed by atoms with E-state index in [4.69, 9.17) is 0 Å². The van der Waals surface area contributed by atoms with Crippen molar-refractivity contribution in [2.75, 3.05) is 0 Å². The molecule has 0 amide bonds. The number of halogens is 2. The highest BCUT2D eigenvalue weighted by Gasteiger charge is 2.22. The Balaban J connectivity index is 2.13. The Bertz CT molecular complexity index is 415. The maximum absolute atomic E-state index is 13.5. The summed E-state index contributed by atoms with van der Waals surface area (Å²) in [6.07, 6.45) is 4.72. The predicted molar refractivity (Wildman–Crippen MR) is 61.6 cm³/mol. The van der Waals surface area contributed by atoms with Crippen molar-refractivity contribution in [3.63, 3.8) is 0 Å². The number of carbonyl (C=O) groups is 1. The van der Waals surface area contributed by atoms with Crippen LogP contribution in [-0.4, -0.2) is 5.78 Å². The molecule has 1 nitrogen and oxygen atoms in total. The van der Waals surface area contributed by atoms with Crippen molar-refractivity contribution in [3.8, 4) is 0 Å². The molecule has 3 heteroatoms. The van der Waals surface area contributed by atoms with Gasteiger partial charge in [0.05, 0.1) is 0 Å². The minimum atomic E-state index is -0.830. The summed E-state index contributed by atoms with van der Waals surface area (Å²) in [5, 5.41) is 0. The number of Topliss-reactive ketones (excluding diaryl/α,β-unsaturated/α-hetero) is 1. The van der Waals surface area contributed by atoms with Gasteiger partial charge in [0.2, 0.25) is 0 Å². The highest BCUT2D eigenvalue weighted by atomic mass is 19.2. The normalized spacial score (nSPS) is 21.3. The van der Waals surface area contributed by atoms with Crippen molar-refractivity contribution in [1.82, 2.24) is 0 Å². The lowest BCUT2D eigenvalue weighted by molar-refractivity contribution is -0.122. The highest BCUT2D eigenvalue weighted by molar-refractivity contribution is 5.81. The summed E-state index contributed by atoms with van der Waals surface area (Å²) in [6.45, 7) is 0. The number of ketones is 1. The lowest BCUT2D eigenvalue weighted by Crippen LogP contribution is -2.16. The first-order valence-electron chi connectivity index (χ1n) is 6.14. The molecule has 92 valence electrons. The van der Waals surface area contributed by atoms with Crippen LogP contribution >= 0.6 is 0 Å². The van der Waals surface area contributed by atoms with E-state index >= 15 is 0 Å². The summed E-state index contributed by atoms with van der Waals surface area (Å²) >= 11 is 0. The highest BCUT2D eigenvalue weighted by Crippen LogP contribution is 2.25. The molecule has 1 saturated carbocycles. The van der Waals surface area contributed by atoms with Gasteiger partial charge in [-0.1, -0.05) is 25.0 Å². The first kappa shape index (κ1) is 12.2. The topological polar surface area (TPSA) is 17.1 Å². The fraction of sp³-hybridized carbons (Fsp3) is 0.500. The van der Waals surface area contributed by atoms with Gasteiger partial charge in [-0.2, -0.15) is 0 Å². The lowest BCUT2D eigenvalue weighted by atomic mass is 9.91. The number of rotatable bonds is 2. The summed E-state index contributed by atoms with van der Waals surface area (Å²) in [6, 6.07) is 4.17. The Kier molecular flexibility index (Phi) is 3.87. The summed E-state index contributed by atoms with van der Waals surface area (Å²) in [5.74, 6) is -1.56. The number of hydrogen-bond acceptors (Lipinski definition) is 1. The summed E-state index contributed by atoms with van der Waals surface area (Å²) in [4.78, 5) is 11.8. The van der Waals surface area contributed by atoms with E-state index in [9.17, 15) is 13.6 Å². The minimum Gasteiger partial charge on any atom is -0.299 e. The molecule has 0 saturated heterocycles. The molecule has 1 aromatic rings. The fourth-order valence-electron chi connectivity index (χ4n) is 2.42. The van der Waals surface area contributed by atoms with Gasteiger partial charge in [0.1, 0.15) is 5.78 Å². The molecule has 0 heterocycles. The van der Waals surface area contributed by atoms with Crippen LogP contribution in [0.1, 0.15) is 37.7 Å². The van der Waals surface area contributed by atoms with Gasteiger partial charge in [0.15, 0.2) is 11.6 Å². The number of hydrogen-bond donors (Lipinski definition) is 0. The van der Waals surface area contributed by atoms with Crippen molar-refractivity contribution in [2.24, 2.45) is 5.92 Å². The van der Waals surface area contributed by atoms with Gasteiger partial charge in [0, 0.05) is 12.3 Å². The van der Waals surface area contributed by atoms with Crippen LogP contribution in [0.25, 0.3) is 0 Å². The van der Waals surface area contributed by atoms with E-state index in [2.05, 4.69) is 0 Å². The van der Waals surface area contributed by atoms with Crippen LogP contribution in [0.5, 0.6) is 0 Å². The van der Waals surface area contributed by atoms with E-state index in [1.165, 1.54) is 6.07 Å². The molecule has 0 bridgehead atoms. The minimum absolute atomic E-state index is 0.131. The first-order valence-corrected chi connectivity index (χ1v) is 6.14. The van der Waals surface area contributed by atoms with Crippen LogP contribution in [0, 0.1) is 17.6 Å². The van der Waals surface area contributed by atoms with E-state index in [1.54, 1.807) is 6.07 Å². The zero-order chi connectivity index (χ0) is 12.3. The molecule has 1 unspecified atom stereocenters. The van der Waals surface area contributed by atoms with Crippen molar-refractivity contribution in [1.29, 1.82) is 0 Å². The van der Waals surface area contributed by atoms with Gasteiger partial charge in [-0.25, -0.2) is 8.78 Å². The van der Waals surface area contributed by atoms with E-state index in [0.29, 0.717) is 18.4 Å². The van der Waals surface area contributed by atoms with Crippen LogP contribution in [-0.2, 0) is 11.2 Å². The van der Waals surface area contributed by atoms with Crippen LogP contribution in [0.4, 0.5) is 8.78 Å². The van der Waals surface area contributed by atoms with Gasteiger partial charge in [-0.05, 0) is 30.9 Å². The molecular weight excluding hydrogens is 222 g/mol. The number of benzene rings is 1.